The number of benzene rings is 6. The van der Waals surface area contributed by atoms with E-state index in [9.17, 15) is 14.4 Å². The van der Waals surface area contributed by atoms with Crippen LogP contribution in [0.2, 0.25) is 0 Å². The lowest BCUT2D eigenvalue weighted by Crippen LogP contribution is -2.21. The van der Waals surface area contributed by atoms with E-state index in [1.807, 2.05) is 54.6 Å². The molecule has 6 aromatic carbocycles. The zero-order chi connectivity index (χ0) is 23.4. The predicted molar refractivity (Wildman–Crippen MR) is 139 cm³/mol. The molecule has 0 unspecified atom stereocenters. The van der Waals surface area contributed by atoms with Crippen LogP contribution >= 0.6 is 0 Å². The number of hydrogen-bond donors (Lipinski definition) is 1. The van der Waals surface area contributed by atoms with E-state index in [0.29, 0.717) is 38.5 Å². The Labute approximate surface area is 197 Å². The zero-order valence-electron chi connectivity index (χ0n) is 18.3. The van der Waals surface area contributed by atoms with Crippen LogP contribution in [0, 0.1) is 0 Å². The number of carbonyl (C=O) groups excluding carboxylic acids is 2. The first-order chi connectivity index (χ1) is 17.1. The smallest absolute Gasteiger partial charge is 0.196 e. The summed E-state index contributed by atoms with van der Waals surface area (Å²) < 4.78 is 0. The van der Waals surface area contributed by atoms with Crippen molar-refractivity contribution in [3.8, 4) is 0 Å². The molecule has 0 bridgehead atoms. The number of ketones is 2. The quantitative estimate of drug-likeness (QED) is 0.217. The molecule has 0 amide bonds. The molecule has 35 heavy (non-hydrogen) atoms. The molecular formula is C31H15NO3. The van der Waals surface area contributed by atoms with Crippen molar-refractivity contribution in [2.45, 2.75) is 0 Å². The van der Waals surface area contributed by atoms with Gasteiger partial charge in [0, 0.05) is 49.1 Å². The summed E-state index contributed by atoms with van der Waals surface area (Å²) in [6.07, 6.45) is 0. The summed E-state index contributed by atoms with van der Waals surface area (Å²) in [4.78, 5) is 43.7. The highest BCUT2D eigenvalue weighted by molar-refractivity contribution is 6.36. The molecule has 0 atom stereocenters. The SMILES string of the molecule is O=C1c2ccccc2C(=O)c2c1ccc1c2[nH]c2ccc3c4ccccc4c(=O)c4ccc1c2c43. The lowest BCUT2D eigenvalue weighted by molar-refractivity contribution is 0.0980. The third kappa shape index (κ3) is 2.15. The molecule has 162 valence electrons. The molecule has 1 heterocycles. The van der Waals surface area contributed by atoms with Crippen molar-refractivity contribution in [2.75, 3.05) is 0 Å². The first-order valence-electron chi connectivity index (χ1n) is 11.5. The van der Waals surface area contributed by atoms with Crippen molar-refractivity contribution >= 4 is 65.7 Å². The highest BCUT2D eigenvalue weighted by atomic mass is 16.1. The first-order valence-corrected chi connectivity index (χ1v) is 11.5. The van der Waals surface area contributed by atoms with Crippen LogP contribution in [0.25, 0.3) is 54.1 Å². The topological polar surface area (TPSA) is 67.0 Å². The van der Waals surface area contributed by atoms with Crippen LogP contribution in [0.5, 0.6) is 0 Å². The molecule has 1 N–H and O–H groups in total. The molecule has 0 radical (unpaired) electrons. The fraction of sp³-hybridized carbons (Fsp3) is 0. The lowest BCUT2D eigenvalue weighted by Gasteiger charge is -2.21. The van der Waals surface area contributed by atoms with Crippen molar-refractivity contribution in [3.05, 3.63) is 117 Å². The Kier molecular flexibility index (Phi) is 3.28. The van der Waals surface area contributed by atoms with Gasteiger partial charge in [0.25, 0.3) is 0 Å². The van der Waals surface area contributed by atoms with Crippen molar-refractivity contribution in [2.24, 2.45) is 0 Å². The highest BCUT2D eigenvalue weighted by Gasteiger charge is 2.31. The fourth-order valence-corrected chi connectivity index (χ4v) is 5.97. The standard InChI is InChI=1S/C31H15NO3/c33-29-19-6-2-1-5-15(19)16-13-14-24-26-17(9-11-22(29)25(16)26)18-10-12-23-27(28(18)32-24)31(35)21-8-4-3-7-20(21)30(23)34/h1-14,32H. The Morgan fingerprint density at radius 2 is 1.09 bits per heavy atom. The maximum absolute atomic E-state index is 13.6. The van der Waals surface area contributed by atoms with E-state index < -0.39 is 0 Å². The number of nitrogens with one attached hydrogen (secondary N) is 1. The van der Waals surface area contributed by atoms with E-state index in [0.717, 1.165) is 37.8 Å². The first kappa shape index (κ1) is 18.6. The van der Waals surface area contributed by atoms with E-state index in [1.54, 1.807) is 30.3 Å². The van der Waals surface area contributed by atoms with Crippen molar-refractivity contribution in [3.63, 3.8) is 0 Å². The van der Waals surface area contributed by atoms with Crippen LogP contribution in [-0.2, 0) is 0 Å². The Morgan fingerprint density at radius 1 is 0.457 bits per heavy atom. The third-order valence-corrected chi connectivity index (χ3v) is 7.51. The van der Waals surface area contributed by atoms with Gasteiger partial charge in [0.05, 0.1) is 11.1 Å². The summed E-state index contributed by atoms with van der Waals surface area (Å²) in [5, 5.41) is 7.04. The van der Waals surface area contributed by atoms with Gasteiger partial charge in [0.2, 0.25) is 0 Å². The maximum atomic E-state index is 13.6. The van der Waals surface area contributed by atoms with Gasteiger partial charge in [0.15, 0.2) is 17.0 Å². The maximum Gasteiger partial charge on any atom is 0.196 e. The molecule has 8 rings (SSSR count). The van der Waals surface area contributed by atoms with Crippen LogP contribution in [-0.4, -0.2) is 16.6 Å². The van der Waals surface area contributed by atoms with E-state index in [-0.39, 0.29) is 17.0 Å². The second-order valence-corrected chi connectivity index (χ2v) is 9.19. The predicted octanol–water partition coefficient (Wildman–Crippen LogP) is 6.35. The Bertz CT molecular complexity index is 2170. The van der Waals surface area contributed by atoms with Gasteiger partial charge in [-0.05, 0) is 34.4 Å². The molecule has 0 aliphatic heterocycles. The Balaban J connectivity index is 1.57. The van der Waals surface area contributed by atoms with Crippen molar-refractivity contribution in [1.29, 1.82) is 0 Å². The van der Waals surface area contributed by atoms with Gasteiger partial charge in [-0.25, -0.2) is 0 Å². The van der Waals surface area contributed by atoms with Crippen LogP contribution in [0.15, 0.2) is 89.7 Å². The van der Waals surface area contributed by atoms with Gasteiger partial charge in [-0.15, -0.1) is 0 Å². The minimum atomic E-state index is -0.155. The molecule has 0 fully saturated rings. The highest BCUT2D eigenvalue weighted by Crippen LogP contribution is 2.41. The summed E-state index contributed by atoms with van der Waals surface area (Å²) in [7, 11) is 0. The largest absolute Gasteiger partial charge is 0.354 e. The average molecular weight is 449 g/mol. The molecule has 1 aromatic heterocycles. The molecular weight excluding hydrogens is 434 g/mol. The van der Waals surface area contributed by atoms with Crippen LogP contribution in [0.3, 0.4) is 0 Å². The number of H-pyrrole nitrogens is 1. The molecule has 0 saturated carbocycles. The van der Waals surface area contributed by atoms with Gasteiger partial charge in [-0.3, -0.25) is 14.4 Å². The van der Waals surface area contributed by atoms with Crippen LogP contribution in [0.1, 0.15) is 31.8 Å². The molecule has 0 spiro atoms. The number of pyridine rings is 1. The third-order valence-electron chi connectivity index (χ3n) is 7.51. The molecule has 1 aliphatic carbocycles. The molecule has 4 heteroatoms. The van der Waals surface area contributed by atoms with Gasteiger partial charge in [-0.1, -0.05) is 66.7 Å². The van der Waals surface area contributed by atoms with E-state index in [4.69, 9.17) is 0 Å². The van der Waals surface area contributed by atoms with Crippen LogP contribution < -0.4 is 5.43 Å². The normalized spacial score (nSPS) is 13.4. The molecule has 1 aliphatic rings. The minimum Gasteiger partial charge on any atom is -0.354 e. The van der Waals surface area contributed by atoms with Crippen molar-refractivity contribution < 1.29 is 9.59 Å². The second-order valence-electron chi connectivity index (χ2n) is 9.19. The summed E-state index contributed by atoms with van der Waals surface area (Å²) in [6.45, 7) is 0. The Morgan fingerprint density at radius 3 is 1.91 bits per heavy atom. The van der Waals surface area contributed by atoms with Crippen molar-refractivity contribution in [1.82, 2.24) is 4.98 Å². The molecule has 0 saturated heterocycles. The summed E-state index contributed by atoms with van der Waals surface area (Å²) in [6, 6.07) is 26.2. The van der Waals surface area contributed by atoms with Crippen LogP contribution in [0.4, 0.5) is 0 Å². The molecule has 4 nitrogen and oxygen atoms in total. The number of hydrogen-bond acceptors (Lipinski definition) is 3. The second kappa shape index (κ2) is 6.19. The minimum absolute atomic E-state index is 0.0189. The molecule has 7 aromatic rings. The fourth-order valence-electron chi connectivity index (χ4n) is 5.97. The van der Waals surface area contributed by atoms with E-state index >= 15 is 0 Å². The number of rotatable bonds is 0. The van der Waals surface area contributed by atoms with E-state index in [2.05, 4.69) is 4.98 Å². The number of fused-ring (bicyclic) bond motifs is 7. The Hall–Kier alpha value is -4.83. The number of aromatic nitrogens is 1. The lowest BCUT2D eigenvalue weighted by atomic mass is 9.82. The summed E-state index contributed by atoms with van der Waals surface area (Å²) in [5.74, 6) is -0.296. The van der Waals surface area contributed by atoms with Gasteiger partial charge >= 0.3 is 0 Å². The van der Waals surface area contributed by atoms with E-state index in [1.165, 1.54) is 0 Å². The average Bonchev–Trinajstić information content (AvgIpc) is 2.91. The van der Waals surface area contributed by atoms with Gasteiger partial charge in [0.1, 0.15) is 0 Å². The van der Waals surface area contributed by atoms with Gasteiger partial charge in [-0.2, -0.15) is 0 Å². The monoisotopic (exact) mass is 449 g/mol. The zero-order valence-corrected chi connectivity index (χ0v) is 18.3. The van der Waals surface area contributed by atoms with Gasteiger partial charge < -0.3 is 4.98 Å². The number of carbonyl (C=O) groups is 2. The summed E-state index contributed by atoms with van der Waals surface area (Å²) >= 11 is 0. The number of aromatic amines is 1. The summed E-state index contributed by atoms with van der Waals surface area (Å²) in [5.41, 5.74) is 3.19.